The smallest absolute Gasteiger partial charge is 0.164 e. The molecule has 0 N–H and O–H groups in total. The van der Waals surface area contributed by atoms with E-state index in [2.05, 4.69) is 261 Å². The molecule has 0 bridgehead atoms. The number of hydrogen-bond acceptors (Lipinski definition) is 3. The van der Waals surface area contributed by atoms with E-state index in [0.717, 1.165) is 77.2 Å². The van der Waals surface area contributed by atoms with Crippen LogP contribution in [0.1, 0.15) is 0 Å². The molecule has 3 nitrogen and oxygen atoms in total. The molecule has 0 atom stereocenters. The molecule has 1 heterocycles. The minimum absolute atomic E-state index is 0.617. The molecule has 12 rings (SSSR count). The third-order valence-corrected chi connectivity index (χ3v) is 12.9. The van der Waals surface area contributed by atoms with Crippen LogP contribution in [0.4, 0.5) is 0 Å². The molecule has 0 saturated carbocycles. The average molecular weight is 866 g/mol. The molecule has 3 heteroatoms. The molecule has 0 fully saturated rings. The minimum Gasteiger partial charge on any atom is -0.208 e. The topological polar surface area (TPSA) is 38.7 Å². The molecule has 0 spiro atoms. The highest BCUT2D eigenvalue weighted by Gasteiger charge is 2.24. The Labute approximate surface area is 396 Å². The maximum absolute atomic E-state index is 5.26. The number of nitrogens with zero attached hydrogens (tertiary/aromatic N) is 3. The van der Waals surface area contributed by atoms with Gasteiger partial charge in [0.25, 0.3) is 0 Å². The van der Waals surface area contributed by atoms with Crippen molar-refractivity contribution >= 4 is 21.5 Å². The van der Waals surface area contributed by atoms with Gasteiger partial charge < -0.3 is 0 Å². The van der Waals surface area contributed by atoms with Crippen LogP contribution in [0.2, 0.25) is 0 Å². The Kier molecular flexibility index (Phi) is 10.6. The largest absolute Gasteiger partial charge is 0.208 e. The van der Waals surface area contributed by atoms with Crippen molar-refractivity contribution in [2.45, 2.75) is 0 Å². The van der Waals surface area contributed by atoms with Crippen LogP contribution in [-0.2, 0) is 0 Å². The lowest BCUT2D eigenvalue weighted by molar-refractivity contribution is 1.08. The summed E-state index contributed by atoms with van der Waals surface area (Å²) in [6.07, 6.45) is 0. The summed E-state index contributed by atoms with van der Waals surface area (Å²) in [4.78, 5) is 15.7. The Hall–Kier alpha value is -9.05. The first-order valence-electron chi connectivity index (χ1n) is 23.1. The van der Waals surface area contributed by atoms with Crippen LogP contribution in [0.15, 0.2) is 261 Å². The van der Waals surface area contributed by atoms with Crippen molar-refractivity contribution in [3.05, 3.63) is 261 Å². The van der Waals surface area contributed by atoms with Crippen molar-refractivity contribution in [3.63, 3.8) is 0 Å². The highest BCUT2D eigenvalue weighted by molar-refractivity contribution is 6.08. The van der Waals surface area contributed by atoms with Gasteiger partial charge in [-0.05, 0) is 107 Å². The highest BCUT2D eigenvalue weighted by Crippen LogP contribution is 2.50. The Balaban J connectivity index is 1.06. The second kappa shape index (κ2) is 17.7. The van der Waals surface area contributed by atoms with Crippen LogP contribution >= 0.6 is 0 Å². The highest BCUT2D eigenvalue weighted by atomic mass is 15.0. The van der Waals surface area contributed by atoms with Crippen molar-refractivity contribution in [1.29, 1.82) is 0 Å². The summed E-state index contributed by atoms with van der Waals surface area (Å²) >= 11 is 0. The predicted octanol–water partition coefficient (Wildman–Crippen LogP) is 17.2. The van der Waals surface area contributed by atoms with E-state index >= 15 is 0 Å². The fourth-order valence-corrected chi connectivity index (χ4v) is 9.75. The van der Waals surface area contributed by atoms with Crippen LogP contribution in [0, 0.1) is 0 Å². The monoisotopic (exact) mass is 865 g/mol. The molecule has 11 aromatic carbocycles. The number of aromatic nitrogens is 3. The Morgan fingerprint density at radius 2 is 0.529 bits per heavy atom. The van der Waals surface area contributed by atoms with Gasteiger partial charge in [-0.1, -0.05) is 243 Å². The van der Waals surface area contributed by atoms with Gasteiger partial charge in [0.05, 0.1) is 0 Å². The SMILES string of the molecule is c1ccc(-c2cc(-c3cccc(-c4cccc(-c5nc(-c6cccc7ccccc67)nc(-c6cccc7ccccc67)n5)c4)c3)c(-c3ccccc3)c(-c3ccccc3)c2-c2ccccc2)cc1. The fourth-order valence-electron chi connectivity index (χ4n) is 9.75. The first-order chi connectivity index (χ1) is 33.7. The van der Waals surface area contributed by atoms with E-state index in [4.69, 9.17) is 15.0 Å². The van der Waals surface area contributed by atoms with Crippen LogP contribution < -0.4 is 0 Å². The molecule has 68 heavy (non-hydrogen) atoms. The Morgan fingerprint density at radius 1 is 0.191 bits per heavy atom. The Bertz CT molecular complexity index is 3660. The third kappa shape index (κ3) is 7.62. The van der Waals surface area contributed by atoms with E-state index in [1.54, 1.807) is 0 Å². The zero-order valence-corrected chi connectivity index (χ0v) is 37.2. The number of hydrogen-bond donors (Lipinski definition) is 0. The van der Waals surface area contributed by atoms with Gasteiger partial charge >= 0.3 is 0 Å². The fraction of sp³-hybridized carbons (Fsp3) is 0. The molecule has 0 unspecified atom stereocenters. The molecule has 12 aromatic rings. The van der Waals surface area contributed by atoms with Crippen molar-refractivity contribution in [3.8, 4) is 101 Å². The molecule has 0 amide bonds. The summed E-state index contributed by atoms with van der Waals surface area (Å²) in [7, 11) is 0. The van der Waals surface area contributed by atoms with Gasteiger partial charge in [0, 0.05) is 16.7 Å². The minimum atomic E-state index is 0.617. The van der Waals surface area contributed by atoms with Crippen LogP contribution in [0.5, 0.6) is 0 Å². The van der Waals surface area contributed by atoms with Gasteiger partial charge in [-0.15, -0.1) is 0 Å². The number of rotatable bonds is 9. The quantitative estimate of drug-likeness (QED) is 0.145. The van der Waals surface area contributed by atoms with E-state index in [1.807, 2.05) is 0 Å². The van der Waals surface area contributed by atoms with Gasteiger partial charge in [0.2, 0.25) is 0 Å². The summed E-state index contributed by atoms with van der Waals surface area (Å²) in [5.74, 6) is 1.89. The molecule has 0 aliphatic heterocycles. The summed E-state index contributed by atoms with van der Waals surface area (Å²) in [5, 5.41) is 4.47. The molecule has 0 saturated heterocycles. The lowest BCUT2D eigenvalue weighted by Crippen LogP contribution is -2.01. The molecule has 318 valence electrons. The summed E-state index contributed by atoms with van der Waals surface area (Å²) in [5.41, 5.74) is 16.7. The maximum Gasteiger partial charge on any atom is 0.164 e. The van der Waals surface area contributed by atoms with Gasteiger partial charge in [-0.2, -0.15) is 0 Å². The lowest BCUT2D eigenvalue weighted by atomic mass is 9.78. The summed E-state index contributed by atoms with van der Waals surface area (Å²) in [6.45, 7) is 0. The van der Waals surface area contributed by atoms with Crippen LogP contribution in [0.3, 0.4) is 0 Å². The zero-order valence-electron chi connectivity index (χ0n) is 37.2. The summed E-state index contributed by atoms with van der Waals surface area (Å²) < 4.78 is 0. The predicted molar refractivity (Wildman–Crippen MR) is 284 cm³/mol. The van der Waals surface area contributed by atoms with E-state index in [9.17, 15) is 0 Å². The first-order valence-corrected chi connectivity index (χ1v) is 23.1. The van der Waals surface area contributed by atoms with E-state index in [-0.39, 0.29) is 0 Å². The third-order valence-electron chi connectivity index (χ3n) is 12.9. The second-order valence-corrected chi connectivity index (χ2v) is 17.1. The first kappa shape index (κ1) is 40.5. The van der Waals surface area contributed by atoms with E-state index < -0.39 is 0 Å². The van der Waals surface area contributed by atoms with Crippen LogP contribution in [0.25, 0.3) is 122 Å². The van der Waals surface area contributed by atoms with E-state index in [1.165, 1.54) is 27.8 Å². The summed E-state index contributed by atoms with van der Waals surface area (Å²) in [6, 6.07) is 92.9. The van der Waals surface area contributed by atoms with Crippen molar-refractivity contribution < 1.29 is 0 Å². The van der Waals surface area contributed by atoms with Gasteiger partial charge in [-0.3, -0.25) is 0 Å². The maximum atomic E-state index is 5.26. The Morgan fingerprint density at radius 3 is 1.04 bits per heavy atom. The number of benzene rings is 11. The molecular weight excluding hydrogens is 823 g/mol. The number of fused-ring (bicyclic) bond motifs is 2. The van der Waals surface area contributed by atoms with E-state index in [0.29, 0.717) is 17.5 Å². The lowest BCUT2D eigenvalue weighted by Gasteiger charge is -2.24. The molecule has 0 aliphatic carbocycles. The average Bonchev–Trinajstić information content (AvgIpc) is 3.43. The van der Waals surface area contributed by atoms with Crippen molar-refractivity contribution in [2.24, 2.45) is 0 Å². The van der Waals surface area contributed by atoms with Crippen molar-refractivity contribution in [2.75, 3.05) is 0 Å². The molecular formula is C65H43N3. The van der Waals surface area contributed by atoms with Gasteiger partial charge in [0.1, 0.15) is 0 Å². The van der Waals surface area contributed by atoms with Gasteiger partial charge in [-0.25, -0.2) is 15.0 Å². The molecule has 0 aliphatic rings. The second-order valence-electron chi connectivity index (χ2n) is 17.1. The van der Waals surface area contributed by atoms with Gasteiger partial charge in [0.15, 0.2) is 17.5 Å². The molecule has 0 radical (unpaired) electrons. The zero-order chi connectivity index (χ0) is 45.2. The standard InChI is InChI=1S/C65H43N3/c1-5-21-46(22-6-1)58-43-59(61(48-27-9-3-10-28-48)62(49-29-11-4-12-30-49)60(58)47-25-7-2-8-26-47)52-35-17-33-50(41-52)51-34-18-36-53(42-51)63-66-64(56-39-19-31-44-23-13-15-37-54(44)56)68-65(67-63)57-40-20-32-45-24-14-16-38-55(45)57/h1-43H. The van der Waals surface area contributed by atoms with Crippen LogP contribution in [-0.4, -0.2) is 15.0 Å². The normalized spacial score (nSPS) is 11.2. The molecule has 1 aromatic heterocycles. The van der Waals surface area contributed by atoms with Crippen molar-refractivity contribution in [1.82, 2.24) is 15.0 Å².